The van der Waals surface area contributed by atoms with E-state index in [1.807, 2.05) is 25.1 Å². The predicted octanol–water partition coefficient (Wildman–Crippen LogP) is 2.65. The average molecular weight is 148 g/mol. The van der Waals surface area contributed by atoms with Crippen molar-refractivity contribution in [2.75, 3.05) is 7.11 Å². The summed E-state index contributed by atoms with van der Waals surface area (Å²) in [6.45, 7) is 5.73. The van der Waals surface area contributed by atoms with Gasteiger partial charge < -0.3 is 4.74 Å². The third-order valence-electron chi connectivity index (χ3n) is 1.61. The molecule has 0 atom stereocenters. The van der Waals surface area contributed by atoms with Crippen LogP contribution in [0.15, 0.2) is 24.8 Å². The van der Waals surface area contributed by atoms with E-state index in [9.17, 15) is 0 Å². The minimum atomic E-state index is 0.889. The standard InChI is InChI=1S/C10H12O/c1-4-9-6-5-8(2)7-10(9)11-3/h4-7H,1H2,2-3H3. The van der Waals surface area contributed by atoms with Crippen LogP contribution in [0, 0.1) is 6.92 Å². The first kappa shape index (κ1) is 7.86. The van der Waals surface area contributed by atoms with E-state index in [1.165, 1.54) is 5.56 Å². The maximum Gasteiger partial charge on any atom is 0.126 e. The van der Waals surface area contributed by atoms with Crippen molar-refractivity contribution >= 4 is 6.08 Å². The molecule has 58 valence electrons. The van der Waals surface area contributed by atoms with Crippen LogP contribution in [0.5, 0.6) is 5.75 Å². The summed E-state index contributed by atoms with van der Waals surface area (Å²) in [7, 11) is 1.67. The lowest BCUT2D eigenvalue weighted by Crippen LogP contribution is -1.86. The fraction of sp³-hybridized carbons (Fsp3) is 0.200. The number of methoxy groups -OCH3 is 1. The van der Waals surface area contributed by atoms with E-state index in [1.54, 1.807) is 13.2 Å². The normalized spacial score (nSPS) is 9.27. The maximum atomic E-state index is 5.15. The van der Waals surface area contributed by atoms with Crippen molar-refractivity contribution in [3.63, 3.8) is 0 Å². The Morgan fingerprint density at radius 1 is 1.45 bits per heavy atom. The molecule has 0 bridgehead atoms. The molecule has 0 aromatic heterocycles. The zero-order valence-electron chi connectivity index (χ0n) is 6.92. The number of hydrogen-bond donors (Lipinski definition) is 0. The zero-order chi connectivity index (χ0) is 8.27. The topological polar surface area (TPSA) is 9.23 Å². The molecule has 0 N–H and O–H groups in total. The predicted molar refractivity (Wildman–Crippen MR) is 47.8 cm³/mol. The Bertz CT molecular complexity index is 264. The second-order valence-corrected chi connectivity index (χ2v) is 2.45. The van der Waals surface area contributed by atoms with Crippen molar-refractivity contribution in [3.05, 3.63) is 35.9 Å². The van der Waals surface area contributed by atoms with Crippen LogP contribution in [-0.2, 0) is 0 Å². The van der Waals surface area contributed by atoms with E-state index in [0.717, 1.165) is 11.3 Å². The summed E-state index contributed by atoms with van der Waals surface area (Å²) < 4.78 is 5.15. The molecule has 0 spiro atoms. The van der Waals surface area contributed by atoms with Crippen molar-refractivity contribution in [2.24, 2.45) is 0 Å². The summed E-state index contributed by atoms with van der Waals surface area (Å²) in [6, 6.07) is 6.04. The van der Waals surface area contributed by atoms with Crippen molar-refractivity contribution in [3.8, 4) is 5.75 Å². The molecule has 0 fully saturated rings. The third kappa shape index (κ3) is 1.61. The number of rotatable bonds is 2. The van der Waals surface area contributed by atoms with Crippen LogP contribution in [0.1, 0.15) is 11.1 Å². The molecule has 0 saturated heterocycles. The van der Waals surface area contributed by atoms with Gasteiger partial charge in [0.1, 0.15) is 5.75 Å². The summed E-state index contributed by atoms with van der Waals surface area (Å²) in [5.41, 5.74) is 2.24. The Hall–Kier alpha value is -1.24. The molecule has 1 nitrogen and oxygen atoms in total. The highest BCUT2D eigenvalue weighted by Crippen LogP contribution is 2.20. The third-order valence-corrected chi connectivity index (χ3v) is 1.61. The molecular formula is C10H12O. The Balaban J connectivity index is 3.16. The van der Waals surface area contributed by atoms with Crippen LogP contribution >= 0.6 is 0 Å². The van der Waals surface area contributed by atoms with Gasteiger partial charge in [-0.05, 0) is 18.6 Å². The highest BCUT2D eigenvalue weighted by Gasteiger charge is 1.96. The quantitative estimate of drug-likeness (QED) is 0.626. The molecule has 1 heteroatoms. The summed E-state index contributed by atoms with van der Waals surface area (Å²) >= 11 is 0. The van der Waals surface area contributed by atoms with Gasteiger partial charge in [0.25, 0.3) is 0 Å². The number of ether oxygens (including phenoxy) is 1. The molecule has 1 aromatic carbocycles. The van der Waals surface area contributed by atoms with Crippen molar-refractivity contribution in [2.45, 2.75) is 6.92 Å². The highest BCUT2D eigenvalue weighted by molar-refractivity contribution is 5.56. The Labute approximate surface area is 67.3 Å². The molecule has 0 unspecified atom stereocenters. The highest BCUT2D eigenvalue weighted by atomic mass is 16.5. The van der Waals surface area contributed by atoms with Gasteiger partial charge in [0, 0.05) is 5.56 Å². The summed E-state index contributed by atoms with van der Waals surface area (Å²) in [5.74, 6) is 0.889. The van der Waals surface area contributed by atoms with E-state index >= 15 is 0 Å². The zero-order valence-corrected chi connectivity index (χ0v) is 6.92. The lowest BCUT2D eigenvalue weighted by Gasteiger charge is -2.04. The van der Waals surface area contributed by atoms with Gasteiger partial charge in [-0.15, -0.1) is 0 Å². The minimum Gasteiger partial charge on any atom is -0.496 e. The first-order valence-electron chi connectivity index (χ1n) is 3.55. The minimum absolute atomic E-state index is 0.889. The van der Waals surface area contributed by atoms with Crippen LogP contribution < -0.4 is 4.74 Å². The van der Waals surface area contributed by atoms with Gasteiger partial charge in [0.2, 0.25) is 0 Å². The molecule has 11 heavy (non-hydrogen) atoms. The van der Waals surface area contributed by atoms with E-state index in [2.05, 4.69) is 6.58 Å². The molecule has 0 saturated carbocycles. The number of hydrogen-bond acceptors (Lipinski definition) is 1. The number of benzene rings is 1. The van der Waals surface area contributed by atoms with E-state index in [-0.39, 0.29) is 0 Å². The van der Waals surface area contributed by atoms with Crippen LogP contribution in [0.3, 0.4) is 0 Å². The molecule has 1 aromatic rings. The maximum absolute atomic E-state index is 5.15. The average Bonchev–Trinajstić information content (AvgIpc) is 2.04. The fourth-order valence-electron chi connectivity index (χ4n) is 0.987. The summed E-state index contributed by atoms with van der Waals surface area (Å²) in [5, 5.41) is 0. The molecule has 0 heterocycles. The van der Waals surface area contributed by atoms with Crippen LogP contribution in [0.4, 0.5) is 0 Å². The molecule has 0 aliphatic rings. The van der Waals surface area contributed by atoms with E-state index in [4.69, 9.17) is 4.74 Å². The van der Waals surface area contributed by atoms with Crippen molar-refractivity contribution < 1.29 is 4.74 Å². The van der Waals surface area contributed by atoms with Gasteiger partial charge in [-0.3, -0.25) is 0 Å². The first-order valence-corrected chi connectivity index (χ1v) is 3.55. The van der Waals surface area contributed by atoms with Crippen molar-refractivity contribution in [1.29, 1.82) is 0 Å². The molecule has 1 rings (SSSR count). The lowest BCUT2D eigenvalue weighted by atomic mass is 10.1. The SMILES string of the molecule is C=Cc1ccc(C)cc1OC. The largest absolute Gasteiger partial charge is 0.496 e. The first-order chi connectivity index (χ1) is 5.27. The van der Waals surface area contributed by atoms with Crippen LogP contribution in [0.25, 0.3) is 6.08 Å². The summed E-state index contributed by atoms with van der Waals surface area (Å²) in [4.78, 5) is 0. The Morgan fingerprint density at radius 3 is 2.73 bits per heavy atom. The smallest absolute Gasteiger partial charge is 0.126 e. The monoisotopic (exact) mass is 148 g/mol. The fourth-order valence-corrected chi connectivity index (χ4v) is 0.987. The lowest BCUT2D eigenvalue weighted by molar-refractivity contribution is 0.413. The molecule has 0 aliphatic carbocycles. The second kappa shape index (κ2) is 3.24. The van der Waals surface area contributed by atoms with Gasteiger partial charge in [-0.1, -0.05) is 24.8 Å². The second-order valence-electron chi connectivity index (χ2n) is 2.45. The van der Waals surface area contributed by atoms with Gasteiger partial charge in [0.15, 0.2) is 0 Å². The molecule has 0 amide bonds. The van der Waals surface area contributed by atoms with Gasteiger partial charge in [-0.2, -0.15) is 0 Å². The Kier molecular flexibility index (Phi) is 2.32. The van der Waals surface area contributed by atoms with E-state index in [0.29, 0.717) is 0 Å². The molecule has 0 aliphatic heterocycles. The summed E-state index contributed by atoms with van der Waals surface area (Å²) in [6.07, 6.45) is 1.79. The number of aryl methyl sites for hydroxylation is 1. The molecular weight excluding hydrogens is 136 g/mol. The van der Waals surface area contributed by atoms with Crippen LogP contribution in [0.2, 0.25) is 0 Å². The van der Waals surface area contributed by atoms with Crippen LogP contribution in [-0.4, -0.2) is 7.11 Å². The Morgan fingerprint density at radius 2 is 2.18 bits per heavy atom. The van der Waals surface area contributed by atoms with Gasteiger partial charge >= 0.3 is 0 Å². The van der Waals surface area contributed by atoms with Gasteiger partial charge in [-0.25, -0.2) is 0 Å². The van der Waals surface area contributed by atoms with Crippen molar-refractivity contribution in [1.82, 2.24) is 0 Å². The molecule has 0 radical (unpaired) electrons. The van der Waals surface area contributed by atoms with Gasteiger partial charge in [0.05, 0.1) is 7.11 Å². The van der Waals surface area contributed by atoms with E-state index < -0.39 is 0 Å².